The summed E-state index contributed by atoms with van der Waals surface area (Å²) in [5.74, 6) is 1.33. The molecule has 3 aliphatic rings. The fraction of sp³-hybridized carbons (Fsp3) is 0.609. The fourth-order valence-electron chi connectivity index (χ4n) is 5.98. The third-order valence-electron chi connectivity index (χ3n) is 7.54. The first-order chi connectivity index (χ1) is 16.0. The number of rotatable bonds is 2. The zero-order valence-electron chi connectivity index (χ0n) is 18.5. The molecule has 10 heteroatoms. The minimum atomic E-state index is -0.548. The van der Waals surface area contributed by atoms with Crippen molar-refractivity contribution in [1.82, 2.24) is 24.7 Å². The molecule has 0 bridgehead atoms. The molecule has 1 unspecified atom stereocenters. The Hall–Kier alpha value is -2.52. The molecule has 4 heterocycles. The molecule has 174 valence electrons. The van der Waals surface area contributed by atoms with Crippen molar-refractivity contribution < 1.29 is 14.1 Å². The third-order valence-corrected chi connectivity index (χ3v) is 7.82. The Morgan fingerprint density at radius 2 is 1.97 bits per heavy atom. The summed E-state index contributed by atoms with van der Waals surface area (Å²) in [7, 11) is 0. The SMILES string of the molecule is C[C@@H]1COCC(n2c(=O)[nH]c3c(Cl)nc(-c4onc5c4CCC[C@@]54CCCCC4=O)nc32)C1. The average Bonchev–Trinajstić information content (AvgIpc) is 3.38. The molecule has 6 rings (SSSR count). The van der Waals surface area contributed by atoms with Crippen LogP contribution < -0.4 is 5.69 Å². The Labute approximate surface area is 194 Å². The first-order valence-electron chi connectivity index (χ1n) is 11.8. The number of ketones is 1. The molecule has 1 N–H and O–H groups in total. The Bertz CT molecular complexity index is 1310. The van der Waals surface area contributed by atoms with Crippen LogP contribution in [0, 0.1) is 5.92 Å². The number of hydrogen-bond acceptors (Lipinski definition) is 7. The molecular weight excluding hydrogens is 446 g/mol. The molecule has 0 aromatic carbocycles. The minimum absolute atomic E-state index is 0.138. The topological polar surface area (TPSA) is 116 Å². The van der Waals surface area contributed by atoms with Crippen LogP contribution in [0.2, 0.25) is 5.15 Å². The van der Waals surface area contributed by atoms with E-state index in [1.165, 1.54) is 0 Å². The summed E-state index contributed by atoms with van der Waals surface area (Å²) in [6, 6.07) is -0.138. The maximum Gasteiger partial charge on any atom is 0.328 e. The van der Waals surface area contributed by atoms with E-state index in [9.17, 15) is 9.59 Å². The van der Waals surface area contributed by atoms with E-state index in [2.05, 4.69) is 22.0 Å². The Balaban J connectivity index is 1.48. The molecule has 3 aromatic rings. The smallest absolute Gasteiger partial charge is 0.328 e. The number of hydrogen-bond donors (Lipinski definition) is 1. The predicted octanol–water partition coefficient (Wildman–Crippen LogP) is 3.74. The fourth-order valence-corrected chi connectivity index (χ4v) is 6.19. The summed E-state index contributed by atoms with van der Waals surface area (Å²) in [6.07, 6.45) is 6.60. The Morgan fingerprint density at radius 3 is 2.79 bits per heavy atom. The van der Waals surface area contributed by atoms with Gasteiger partial charge in [0.1, 0.15) is 17.0 Å². The van der Waals surface area contributed by atoms with Gasteiger partial charge < -0.3 is 14.2 Å². The van der Waals surface area contributed by atoms with E-state index >= 15 is 0 Å². The van der Waals surface area contributed by atoms with Crippen LogP contribution in [0.4, 0.5) is 0 Å². The van der Waals surface area contributed by atoms with Crippen molar-refractivity contribution in [3.8, 4) is 11.6 Å². The molecule has 3 aromatic heterocycles. The van der Waals surface area contributed by atoms with E-state index in [0.717, 1.165) is 56.2 Å². The van der Waals surface area contributed by atoms with E-state index in [4.69, 9.17) is 25.8 Å². The highest BCUT2D eigenvalue weighted by Crippen LogP contribution is 2.47. The number of Topliss-reactive ketones (excluding diaryl/α,β-unsaturated/α-hetero) is 1. The second-order valence-corrected chi connectivity index (χ2v) is 10.1. The van der Waals surface area contributed by atoms with Crippen LogP contribution >= 0.6 is 11.6 Å². The van der Waals surface area contributed by atoms with E-state index in [1.807, 2.05) is 0 Å². The quantitative estimate of drug-likeness (QED) is 0.566. The monoisotopic (exact) mass is 471 g/mol. The summed E-state index contributed by atoms with van der Waals surface area (Å²) in [4.78, 5) is 37.7. The number of fused-ring (bicyclic) bond motifs is 3. The maximum absolute atomic E-state index is 13.0. The van der Waals surface area contributed by atoms with Gasteiger partial charge >= 0.3 is 5.69 Å². The number of carbonyl (C=O) groups excluding carboxylic acids is 1. The molecule has 1 spiro atoms. The summed E-state index contributed by atoms with van der Waals surface area (Å²) < 4.78 is 13.1. The molecule has 33 heavy (non-hydrogen) atoms. The van der Waals surface area contributed by atoms with Crippen molar-refractivity contribution >= 4 is 28.5 Å². The lowest BCUT2D eigenvalue weighted by molar-refractivity contribution is -0.127. The number of aromatic amines is 1. The number of nitrogens with zero attached hydrogens (tertiary/aromatic N) is 4. The molecule has 1 saturated heterocycles. The summed E-state index contributed by atoms with van der Waals surface area (Å²) in [6.45, 7) is 3.22. The number of ether oxygens (including phenoxy) is 1. The van der Waals surface area contributed by atoms with Crippen LogP contribution in [0.1, 0.15) is 69.2 Å². The summed E-state index contributed by atoms with van der Waals surface area (Å²) in [5.41, 5.74) is 1.64. The lowest BCUT2D eigenvalue weighted by atomic mass is 9.64. The van der Waals surface area contributed by atoms with Crippen LogP contribution in [0.3, 0.4) is 0 Å². The van der Waals surface area contributed by atoms with Crippen molar-refractivity contribution in [2.75, 3.05) is 13.2 Å². The molecular formula is C23H26ClN5O4. The van der Waals surface area contributed by atoms with Crippen molar-refractivity contribution in [3.05, 3.63) is 26.9 Å². The maximum atomic E-state index is 13.0. The van der Waals surface area contributed by atoms with Crippen molar-refractivity contribution in [2.24, 2.45) is 5.92 Å². The van der Waals surface area contributed by atoms with E-state index in [0.29, 0.717) is 48.3 Å². The number of nitrogens with one attached hydrogen (secondary N) is 1. The summed E-state index contributed by atoms with van der Waals surface area (Å²) >= 11 is 6.50. The Kier molecular flexibility index (Phi) is 4.95. The highest BCUT2D eigenvalue weighted by Gasteiger charge is 2.48. The molecule has 9 nitrogen and oxygen atoms in total. The van der Waals surface area contributed by atoms with Gasteiger partial charge in [-0.25, -0.2) is 14.8 Å². The highest BCUT2D eigenvalue weighted by atomic mass is 35.5. The number of halogens is 1. The highest BCUT2D eigenvalue weighted by molar-refractivity contribution is 6.33. The molecule has 1 saturated carbocycles. The van der Waals surface area contributed by atoms with E-state index < -0.39 is 5.41 Å². The zero-order valence-corrected chi connectivity index (χ0v) is 19.3. The van der Waals surface area contributed by atoms with Crippen LogP contribution in [-0.2, 0) is 21.4 Å². The molecule has 3 atom stereocenters. The van der Waals surface area contributed by atoms with Gasteiger partial charge in [-0.3, -0.25) is 9.36 Å². The lowest BCUT2D eigenvalue weighted by Gasteiger charge is -2.37. The largest absolute Gasteiger partial charge is 0.379 e. The van der Waals surface area contributed by atoms with Gasteiger partial charge in [-0.15, -0.1) is 0 Å². The van der Waals surface area contributed by atoms with Crippen LogP contribution in [-0.4, -0.2) is 43.7 Å². The normalized spacial score (nSPS) is 27.9. The number of H-pyrrole nitrogens is 1. The van der Waals surface area contributed by atoms with Gasteiger partial charge in [0.05, 0.1) is 18.1 Å². The average molecular weight is 472 g/mol. The standard InChI is InChI=1S/C23H26ClN5O4/c1-12-9-13(11-32-10-12)29-21-16(25-22(29)31)19(24)26-20(27-21)17-14-5-4-8-23(18(14)28-33-17)7-3-2-6-15(23)30/h12-13H,2-11H2,1H3,(H,25,31)/t12-,13?,23+/m0/s1. The van der Waals surface area contributed by atoms with Gasteiger partial charge in [-0.1, -0.05) is 30.1 Å². The molecule has 2 fully saturated rings. The second-order valence-electron chi connectivity index (χ2n) is 9.77. The molecule has 1 aliphatic heterocycles. The van der Waals surface area contributed by atoms with Crippen LogP contribution in [0.15, 0.2) is 9.32 Å². The van der Waals surface area contributed by atoms with Crippen molar-refractivity contribution in [1.29, 1.82) is 0 Å². The van der Waals surface area contributed by atoms with Crippen LogP contribution in [0.5, 0.6) is 0 Å². The van der Waals surface area contributed by atoms with Gasteiger partial charge in [0, 0.05) is 18.6 Å². The number of aromatic nitrogens is 5. The Morgan fingerprint density at radius 1 is 1.12 bits per heavy atom. The molecule has 0 amide bonds. The van der Waals surface area contributed by atoms with Crippen molar-refractivity contribution in [3.63, 3.8) is 0 Å². The molecule has 2 aliphatic carbocycles. The predicted molar refractivity (Wildman–Crippen MR) is 120 cm³/mol. The number of carbonyl (C=O) groups is 1. The summed E-state index contributed by atoms with van der Waals surface area (Å²) in [5, 5.41) is 4.54. The molecule has 0 radical (unpaired) electrons. The van der Waals surface area contributed by atoms with E-state index in [1.54, 1.807) is 4.57 Å². The first-order valence-corrected chi connectivity index (χ1v) is 12.1. The van der Waals surface area contributed by atoms with Gasteiger partial charge in [-0.05, 0) is 44.4 Å². The van der Waals surface area contributed by atoms with Crippen molar-refractivity contribution in [2.45, 2.75) is 69.7 Å². The third kappa shape index (κ3) is 3.19. The lowest BCUT2D eigenvalue weighted by Crippen LogP contribution is -2.41. The van der Waals surface area contributed by atoms with Crippen LogP contribution in [0.25, 0.3) is 22.7 Å². The van der Waals surface area contributed by atoms with Gasteiger partial charge in [0.25, 0.3) is 0 Å². The number of imidazole rings is 1. The first kappa shape index (κ1) is 21.0. The zero-order chi connectivity index (χ0) is 22.7. The van der Waals surface area contributed by atoms with E-state index in [-0.39, 0.29) is 22.7 Å². The van der Waals surface area contributed by atoms with Gasteiger partial charge in [0.15, 0.2) is 10.8 Å². The minimum Gasteiger partial charge on any atom is -0.379 e. The van der Waals surface area contributed by atoms with Gasteiger partial charge in [-0.2, -0.15) is 0 Å². The second kappa shape index (κ2) is 7.77. The van der Waals surface area contributed by atoms with Gasteiger partial charge in [0.2, 0.25) is 11.6 Å².